The van der Waals surface area contributed by atoms with Crippen LogP contribution in [0.1, 0.15) is 5.56 Å². The molecule has 1 atom stereocenters. The zero-order valence-electron chi connectivity index (χ0n) is 14.3. The number of benzene rings is 1. The Kier molecular flexibility index (Phi) is 5.19. The maximum absolute atomic E-state index is 12.2. The first-order chi connectivity index (χ1) is 12.5. The Morgan fingerprint density at radius 1 is 1.27 bits per heavy atom. The Labute approximate surface area is 148 Å². The predicted octanol–water partition coefficient (Wildman–Crippen LogP) is -0.569. The van der Waals surface area contributed by atoms with Crippen LogP contribution in [0.15, 0.2) is 39.9 Å². The normalized spacial score (nSPS) is 12.4. The first kappa shape index (κ1) is 17.9. The van der Waals surface area contributed by atoms with E-state index in [0.717, 1.165) is 12.0 Å². The highest BCUT2D eigenvalue weighted by atomic mass is 16.3. The monoisotopic (exact) mass is 359 g/mol. The van der Waals surface area contributed by atoms with E-state index in [0.29, 0.717) is 12.5 Å². The van der Waals surface area contributed by atoms with E-state index in [1.54, 1.807) is 0 Å². The van der Waals surface area contributed by atoms with Gasteiger partial charge >= 0.3 is 5.69 Å². The zero-order valence-corrected chi connectivity index (χ0v) is 14.3. The fourth-order valence-corrected chi connectivity index (χ4v) is 2.78. The molecular weight excluding hydrogens is 338 g/mol. The molecule has 0 saturated heterocycles. The van der Waals surface area contributed by atoms with Gasteiger partial charge in [-0.3, -0.25) is 14.3 Å². The van der Waals surface area contributed by atoms with Gasteiger partial charge in [-0.25, -0.2) is 4.79 Å². The molecule has 2 aromatic heterocycles. The van der Waals surface area contributed by atoms with Crippen LogP contribution in [0, 0.1) is 0 Å². The summed E-state index contributed by atoms with van der Waals surface area (Å²) in [6.07, 6.45) is -0.319. The van der Waals surface area contributed by atoms with Crippen LogP contribution in [-0.4, -0.2) is 48.6 Å². The van der Waals surface area contributed by atoms with Crippen molar-refractivity contribution < 1.29 is 10.2 Å². The second-order valence-electron chi connectivity index (χ2n) is 6.04. The van der Waals surface area contributed by atoms with E-state index < -0.39 is 24.0 Å². The first-order valence-corrected chi connectivity index (χ1v) is 8.27. The Bertz CT molecular complexity index is 1010. The second kappa shape index (κ2) is 7.54. The van der Waals surface area contributed by atoms with Crippen molar-refractivity contribution in [2.45, 2.75) is 19.1 Å². The molecule has 9 heteroatoms. The van der Waals surface area contributed by atoms with Gasteiger partial charge in [0.25, 0.3) is 5.56 Å². The minimum absolute atomic E-state index is 0.0258. The number of hydrogen-bond donors (Lipinski definition) is 4. The Morgan fingerprint density at radius 3 is 2.69 bits per heavy atom. The summed E-state index contributed by atoms with van der Waals surface area (Å²) < 4.78 is 2.72. The van der Waals surface area contributed by atoms with Crippen molar-refractivity contribution in [3.8, 4) is 0 Å². The summed E-state index contributed by atoms with van der Waals surface area (Å²) in [5, 5.41) is 22.1. The zero-order chi connectivity index (χ0) is 18.7. The van der Waals surface area contributed by atoms with Crippen LogP contribution in [0.25, 0.3) is 11.2 Å². The molecule has 0 radical (unpaired) electrons. The van der Waals surface area contributed by atoms with E-state index in [9.17, 15) is 14.7 Å². The number of aliphatic hydroxyl groups excluding tert-OH is 2. The number of hydrogen-bond acceptors (Lipinski definition) is 6. The molecule has 2 heterocycles. The van der Waals surface area contributed by atoms with Crippen LogP contribution >= 0.6 is 0 Å². The molecule has 0 spiro atoms. The third kappa shape index (κ3) is 3.53. The van der Waals surface area contributed by atoms with Gasteiger partial charge in [-0.05, 0) is 12.0 Å². The molecule has 0 aliphatic rings. The van der Waals surface area contributed by atoms with E-state index in [2.05, 4.69) is 15.3 Å². The number of rotatable bonds is 7. The van der Waals surface area contributed by atoms with Crippen LogP contribution in [-0.2, 0) is 20.0 Å². The van der Waals surface area contributed by atoms with Crippen LogP contribution in [0.5, 0.6) is 0 Å². The number of aryl methyl sites for hydroxylation is 1. The number of imidazole rings is 1. The van der Waals surface area contributed by atoms with Gasteiger partial charge in [-0.1, -0.05) is 30.3 Å². The standard InChI is InChI=1S/C17H21N5O4/c1-21-14-13(15(25)20-17(21)26)22(9-12(24)10-23)16(19-14)18-8-7-11-5-3-2-4-6-11/h2-6,12,23-24H,7-10H2,1H3,(H,18,19)(H,20,25,26)/t12-/m0/s1. The van der Waals surface area contributed by atoms with Gasteiger partial charge in [-0.15, -0.1) is 0 Å². The number of anilines is 1. The molecule has 4 N–H and O–H groups in total. The van der Waals surface area contributed by atoms with E-state index in [-0.39, 0.29) is 17.7 Å². The Hall–Kier alpha value is -2.91. The Balaban J connectivity index is 1.96. The molecule has 0 aliphatic carbocycles. The smallest absolute Gasteiger partial charge is 0.329 e. The molecule has 3 rings (SSSR count). The van der Waals surface area contributed by atoms with Crippen LogP contribution in [0.4, 0.5) is 5.95 Å². The topological polar surface area (TPSA) is 125 Å². The predicted molar refractivity (Wildman–Crippen MR) is 97.3 cm³/mol. The van der Waals surface area contributed by atoms with Crippen LogP contribution in [0.3, 0.4) is 0 Å². The molecule has 0 amide bonds. The van der Waals surface area contributed by atoms with Gasteiger partial charge < -0.3 is 20.1 Å². The summed E-state index contributed by atoms with van der Waals surface area (Å²) in [7, 11) is 1.51. The Morgan fingerprint density at radius 2 is 2.00 bits per heavy atom. The summed E-state index contributed by atoms with van der Waals surface area (Å²) in [5.41, 5.74) is 0.374. The van der Waals surface area contributed by atoms with Gasteiger partial charge in [0, 0.05) is 13.6 Å². The molecule has 0 fully saturated rings. The van der Waals surface area contributed by atoms with Crippen molar-refractivity contribution in [1.82, 2.24) is 19.1 Å². The number of aromatic amines is 1. The molecule has 26 heavy (non-hydrogen) atoms. The molecule has 0 bridgehead atoms. The highest BCUT2D eigenvalue weighted by Gasteiger charge is 2.19. The van der Waals surface area contributed by atoms with Crippen molar-refractivity contribution in [3.63, 3.8) is 0 Å². The lowest BCUT2D eigenvalue weighted by Crippen LogP contribution is -2.30. The van der Waals surface area contributed by atoms with Crippen molar-refractivity contribution in [2.24, 2.45) is 7.05 Å². The minimum atomic E-state index is -1.06. The van der Waals surface area contributed by atoms with Gasteiger partial charge in [0.1, 0.15) is 0 Å². The minimum Gasteiger partial charge on any atom is -0.394 e. The number of nitrogens with zero attached hydrogens (tertiary/aromatic N) is 3. The molecule has 9 nitrogen and oxygen atoms in total. The first-order valence-electron chi connectivity index (χ1n) is 8.27. The molecule has 138 valence electrons. The highest BCUT2D eigenvalue weighted by Crippen LogP contribution is 2.16. The number of aromatic nitrogens is 4. The summed E-state index contributed by atoms with van der Waals surface area (Å²) in [4.78, 5) is 30.6. The van der Waals surface area contributed by atoms with Crippen molar-refractivity contribution in [3.05, 3.63) is 56.7 Å². The fourth-order valence-electron chi connectivity index (χ4n) is 2.78. The third-order valence-corrected chi connectivity index (χ3v) is 4.15. The number of aliphatic hydroxyl groups is 2. The molecule has 0 saturated carbocycles. The van der Waals surface area contributed by atoms with Gasteiger partial charge in [-0.2, -0.15) is 4.98 Å². The third-order valence-electron chi connectivity index (χ3n) is 4.15. The van der Waals surface area contributed by atoms with Gasteiger partial charge in [0.05, 0.1) is 19.3 Å². The van der Waals surface area contributed by atoms with E-state index in [1.807, 2.05) is 30.3 Å². The second-order valence-corrected chi connectivity index (χ2v) is 6.04. The summed E-state index contributed by atoms with van der Waals surface area (Å²) in [6.45, 7) is 0.0726. The quantitative estimate of drug-likeness (QED) is 0.448. The highest BCUT2D eigenvalue weighted by molar-refractivity contribution is 5.74. The molecule has 0 unspecified atom stereocenters. The maximum Gasteiger partial charge on any atom is 0.329 e. The molecule has 0 aliphatic heterocycles. The molecule has 3 aromatic rings. The lowest BCUT2D eigenvalue weighted by molar-refractivity contribution is 0.0825. The average Bonchev–Trinajstić information content (AvgIpc) is 2.99. The fraction of sp³-hybridized carbons (Fsp3) is 0.353. The largest absolute Gasteiger partial charge is 0.394 e. The van der Waals surface area contributed by atoms with Crippen molar-refractivity contribution >= 4 is 17.1 Å². The average molecular weight is 359 g/mol. The van der Waals surface area contributed by atoms with Gasteiger partial charge in [0.15, 0.2) is 11.2 Å². The van der Waals surface area contributed by atoms with Crippen molar-refractivity contribution in [2.75, 3.05) is 18.5 Å². The van der Waals surface area contributed by atoms with Crippen molar-refractivity contribution in [1.29, 1.82) is 0 Å². The van der Waals surface area contributed by atoms with Gasteiger partial charge in [0.2, 0.25) is 5.95 Å². The summed E-state index contributed by atoms with van der Waals surface area (Å²) in [5.74, 6) is 0.357. The lowest BCUT2D eigenvalue weighted by Gasteiger charge is -2.13. The van der Waals surface area contributed by atoms with Crippen LogP contribution < -0.4 is 16.6 Å². The number of fused-ring (bicyclic) bond motifs is 1. The van der Waals surface area contributed by atoms with E-state index in [1.165, 1.54) is 16.2 Å². The molecule has 1 aromatic carbocycles. The lowest BCUT2D eigenvalue weighted by atomic mass is 10.1. The summed E-state index contributed by atoms with van der Waals surface area (Å²) >= 11 is 0. The molecular formula is C17H21N5O4. The summed E-state index contributed by atoms with van der Waals surface area (Å²) in [6, 6.07) is 9.87. The number of nitrogens with one attached hydrogen (secondary N) is 2. The maximum atomic E-state index is 12.2. The number of H-pyrrole nitrogens is 1. The van der Waals surface area contributed by atoms with Crippen LogP contribution in [0.2, 0.25) is 0 Å². The van der Waals surface area contributed by atoms with E-state index in [4.69, 9.17) is 5.11 Å². The SMILES string of the molecule is Cn1c(=O)[nH]c(=O)c2c1nc(NCCc1ccccc1)n2C[C@H](O)CO. The van der Waals surface area contributed by atoms with E-state index >= 15 is 0 Å².